The summed E-state index contributed by atoms with van der Waals surface area (Å²) in [5.74, 6) is -0.456. The summed E-state index contributed by atoms with van der Waals surface area (Å²) in [5.41, 5.74) is 4.83. The Morgan fingerprint density at radius 2 is 1.61 bits per heavy atom. The smallest absolute Gasteiger partial charge is 0.306 e. The lowest BCUT2D eigenvalue weighted by Gasteiger charge is -2.36. The average molecular weight is 922 g/mol. The van der Waals surface area contributed by atoms with Gasteiger partial charge in [0, 0.05) is 78.1 Å². The molecule has 0 saturated carbocycles. The van der Waals surface area contributed by atoms with Gasteiger partial charge in [-0.05, 0) is 104 Å². The molecule has 0 spiro atoms. The number of rotatable bonds is 17. The number of likely N-dealkylation sites (tertiary alicyclic amines) is 1. The summed E-state index contributed by atoms with van der Waals surface area (Å²) in [4.78, 5) is 39.8. The number of fused-ring (bicyclic) bond motifs is 1. The Kier molecular flexibility index (Phi) is 14.3. The number of carboxylic acid groups (broad SMARTS) is 1. The number of sulfonamides is 1. The number of nitro benzene ring substituents is 1. The second-order valence-electron chi connectivity index (χ2n) is 16.1. The van der Waals surface area contributed by atoms with Crippen molar-refractivity contribution >= 4 is 73.1 Å². The molecule has 1 aromatic heterocycles. The zero-order valence-electron chi connectivity index (χ0n) is 35.1. The third kappa shape index (κ3) is 11.1. The monoisotopic (exact) mass is 920 g/mol. The molecule has 1 atom stereocenters. The molecule has 3 heterocycles. The molecule has 6 aromatic rings. The Morgan fingerprint density at radius 3 is 2.33 bits per heavy atom. The van der Waals surface area contributed by atoms with E-state index in [1.165, 1.54) is 29.6 Å². The summed E-state index contributed by atoms with van der Waals surface area (Å²) >= 11 is 8.05. The minimum Gasteiger partial charge on any atom is -0.481 e. The molecule has 0 amide bonds. The van der Waals surface area contributed by atoms with Crippen molar-refractivity contribution in [2.75, 3.05) is 66.5 Å². The standard InChI is InChI=1S/C47H49ClN8O6S2/c48-36-11-14-41(33-7-3-1-4-8-33)35(27-36)30-54-23-25-55(26-24-54)38-12-15-42-44(28-38)49-32-50-46(42)52-64(61,62)40-13-16-43(45(29-40)56(59)60)51-37(31-63-39-9-5-2-6-10-39)19-22-53-20-17-34(18-21-53)47(57)58/h1-16,27-29,32,34,37,51H,17-26,30-31H2,(H,57,58)(H,49,50,52)/t37-/m1/s1. The number of piperazine rings is 1. The predicted molar refractivity (Wildman–Crippen MR) is 254 cm³/mol. The number of aromatic nitrogens is 2. The highest BCUT2D eigenvalue weighted by Gasteiger charge is 2.27. The topological polar surface area (TPSA) is 174 Å². The van der Waals surface area contributed by atoms with Gasteiger partial charge in [-0.3, -0.25) is 24.5 Å². The van der Waals surface area contributed by atoms with Crippen molar-refractivity contribution in [1.82, 2.24) is 19.8 Å². The molecular formula is C47H49ClN8O6S2. The molecule has 0 bridgehead atoms. The highest BCUT2D eigenvalue weighted by molar-refractivity contribution is 7.99. The summed E-state index contributed by atoms with van der Waals surface area (Å²) in [7, 11) is -4.32. The average Bonchev–Trinajstić information content (AvgIpc) is 3.30. The van der Waals surface area contributed by atoms with Crippen LogP contribution in [-0.2, 0) is 21.4 Å². The van der Waals surface area contributed by atoms with E-state index in [0.717, 1.165) is 54.9 Å². The van der Waals surface area contributed by atoms with E-state index < -0.39 is 20.9 Å². The molecule has 5 aromatic carbocycles. The lowest BCUT2D eigenvalue weighted by atomic mass is 9.97. The molecule has 2 saturated heterocycles. The number of anilines is 3. The number of benzene rings is 5. The third-order valence-corrected chi connectivity index (χ3v) is 14.6. The van der Waals surface area contributed by atoms with E-state index in [-0.39, 0.29) is 34.0 Å². The van der Waals surface area contributed by atoms with Crippen LogP contribution >= 0.6 is 23.4 Å². The van der Waals surface area contributed by atoms with E-state index in [0.29, 0.717) is 60.6 Å². The summed E-state index contributed by atoms with van der Waals surface area (Å²) in [6.45, 7) is 5.99. The molecule has 3 N–H and O–H groups in total. The van der Waals surface area contributed by atoms with E-state index in [1.54, 1.807) is 17.8 Å². The Morgan fingerprint density at radius 1 is 0.875 bits per heavy atom. The van der Waals surface area contributed by atoms with Crippen LogP contribution in [0, 0.1) is 16.0 Å². The number of nitro groups is 1. The zero-order valence-corrected chi connectivity index (χ0v) is 37.4. The summed E-state index contributed by atoms with van der Waals surface area (Å²) in [5, 5.41) is 26.4. The quantitative estimate of drug-likeness (QED) is 0.0451. The fourth-order valence-corrected chi connectivity index (χ4v) is 10.6. The first-order chi connectivity index (χ1) is 31.0. The number of nitrogens with zero attached hydrogens (tertiary/aromatic N) is 6. The maximum absolute atomic E-state index is 13.9. The van der Waals surface area contributed by atoms with Crippen molar-refractivity contribution in [2.45, 2.75) is 41.6 Å². The van der Waals surface area contributed by atoms with E-state index in [1.807, 2.05) is 72.8 Å². The molecule has 8 rings (SSSR count). The predicted octanol–water partition coefficient (Wildman–Crippen LogP) is 8.74. The summed E-state index contributed by atoms with van der Waals surface area (Å²) in [6, 6.07) is 35.5. The number of halogens is 1. The minimum absolute atomic E-state index is 0.0624. The van der Waals surface area contributed by atoms with Crippen molar-refractivity contribution in [3.05, 3.63) is 142 Å². The van der Waals surface area contributed by atoms with Gasteiger partial charge < -0.3 is 20.2 Å². The van der Waals surface area contributed by atoms with Crippen molar-refractivity contribution in [3.63, 3.8) is 0 Å². The van der Waals surface area contributed by atoms with Crippen LogP contribution in [-0.4, -0.2) is 102 Å². The van der Waals surface area contributed by atoms with Crippen LogP contribution in [0.5, 0.6) is 0 Å². The van der Waals surface area contributed by atoms with E-state index >= 15 is 0 Å². The van der Waals surface area contributed by atoms with Crippen LogP contribution in [0.4, 0.5) is 22.9 Å². The summed E-state index contributed by atoms with van der Waals surface area (Å²) in [6.07, 6.45) is 3.09. The van der Waals surface area contributed by atoms with Gasteiger partial charge in [-0.15, -0.1) is 11.8 Å². The SMILES string of the molecule is O=C(O)C1CCN(CC[C@H](CSc2ccccc2)Nc2ccc(S(=O)(=O)Nc3ncnc4cc(N5CCN(Cc6cc(Cl)ccc6-c6ccccc6)CC5)ccc34)cc2[N+](=O)[O-])CC1. The Bertz CT molecular complexity index is 2700. The molecule has 332 valence electrons. The van der Waals surface area contributed by atoms with Crippen LogP contribution in [0.1, 0.15) is 24.8 Å². The van der Waals surface area contributed by atoms with Crippen molar-refractivity contribution < 1.29 is 23.2 Å². The van der Waals surface area contributed by atoms with Gasteiger partial charge >= 0.3 is 5.97 Å². The van der Waals surface area contributed by atoms with E-state index in [9.17, 15) is 28.4 Å². The Balaban J connectivity index is 0.933. The maximum atomic E-state index is 13.9. The fraction of sp³-hybridized carbons (Fsp3) is 0.298. The van der Waals surface area contributed by atoms with Gasteiger partial charge in [-0.25, -0.2) is 18.4 Å². The molecular weight excluding hydrogens is 872 g/mol. The molecule has 0 unspecified atom stereocenters. The van der Waals surface area contributed by atoms with E-state index in [2.05, 4.69) is 52.9 Å². The van der Waals surface area contributed by atoms with Crippen LogP contribution in [0.25, 0.3) is 22.0 Å². The largest absolute Gasteiger partial charge is 0.481 e. The Hall–Kier alpha value is -5.78. The first kappa shape index (κ1) is 44.8. The van der Waals surface area contributed by atoms with Gasteiger partial charge in [0.05, 0.1) is 21.3 Å². The number of carbonyl (C=O) groups is 1. The second kappa shape index (κ2) is 20.4. The highest BCUT2D eigenvalue weighted by Crippen LogP contribution is 2.33. The molecule has 2 fully saturated rings. The van der Waals surface area contributed by atoms with Gasteiger partial charge in [-0.1, -0.05) is 66.2 Å². The molecule has 64 heavy (non-hydrogen) atoms. The highest BCUT2D eigenvalue weighted by atomic mass is 35.5. The molecule has 14 nitrogen and oxygen atoms in total. The van der Waals surface area contributed by atoms with Gasteiger partial charge in [-0.2, -0.15) is 0 Å². The van der Waals surface area contributed by atoms with Crippen LogP contribution in [0.15, 0.2) is 131 Å². The van der Waals surface area contributed by atoms with Crippen molar-refractivity contribution in [3.8, 4) is 11.1 Å². The minimum atomic E-state index is -4.32. The van der Waals surface area contributed by atoms with Gasteiger partial charge in [0.15, 0.2) is 5.82 Å². The number of hydrogen-bond acceptors (Lipinski definition) is 12. The maximum Gasteiger partial charge on any atom is 0.306 e. The molecule has 0 radical (unpaired) electrons. The molecule has 2 aliphatic heterocycles. The number of carboxylic acids is 1. The first-order valence-corrected chi connectivity index (χ1v) is 24.1. The van der Waals surface area contributed by atoms with Crippen LogP contribution in [0.2, 0.25) is 5.02 Å². The summed E-state index contributed by atoms with van der Waals surface area (Å²) < 4.78 is 30.3. The lowest BCUT2D eigenvalue weighted by Crippen LogP contribution is -2.46. The van der Waals surface area contributed by atoms with Crippen LogP contribution in [0.3, 0.4) is 0 Å². The van der Waals surface area contributed by atoms with Crippen LogP contribution < -0.4 is 14.9 Å². The van der Waals surface area contributed by atoms with Crippen molar-refractivity contribution in [1.29, 1.82) is 0 Å². The number of aliphatic carboxylic acids is 1. The van der Waals surface area contributed by atoms with E-state index in [4.69, 9.17) is 11.6 Å². The fourth-order valence-electron chi connectivity index (χ4n) is 8.33. The van der Waals surface area contributed by atoms with Gasteiger partial charge in [0.25, 0.3) is 15.7 Å². The van der Waals surface area contributed by atoms with Gasteiger partial charge in [0.1, 0.15) is 12.0 Å². The van der Waals surface area contributed by atoms with Crippen molar-refractivity contribution in [2.24, 2.45) is 5.92 Å². The molecule has 0 aliphatic carbocycles. The normalized spacial score (nSPS) is 15.8. The lowest BCUT2D eigenvalue weighted by molar-refractivity contribution is -0.384. The number of piperidine rings is 1. The number of hydrogen-bond donors (Lipinski definition) is 3. The molecule has 2 aliphatic rings. The third-order valence-electron chi connectivity index (χ3n) is 11.9. The Labute approximate surface area is 381 Å². The second-order valence-corrected chi connectivity index (χ2v) is 19.3. The zero-order chi connectivity index (χ0) is 44.6. The first-order valence-electron chi connectivity index (χ1n) is 21.3. The molecule has 17 heteroatoms. The number of thioether (sulfide) groups is 1. The van der Waals surface area contributed by atoms with Gasteiger partial charge in [0.2, 0.25) is 0 Å². The number of nitrogens with one attached hydrogen (secondary N) is 2.